The lowest BCUT2D eigenvalue weighted by Crippen LogP contribution is -2.47. The monoisotopic (exact) mass is 1110 g/mol. The van der Waals surface area contributed by atoms with Crippen LogP contribution in [0.2, 0.25) is 0 Å². The van der Waals surface area contributed by atoms with Crippen molar-refractivity contribution >= 4 is 19.7 Å². The van der Waals surface area contributed by atoms with Gasteiger partial charge in [-0.25, -0.2) is 4.57 Å². The van der Waals surface area contributed by atoms with Crippen LogP contribution in [0, 0.1) is 0 Å². The third-order valence-corrected chi connectivity index (χ3v) is 14.4. The highest BCUT2D eigenvalue weighted by Crippen LogP contribution is 2.43. The zero-order valence-corrected chi connectivity index (χ0v) is 52.0. The van der Waals surface area contributed by atoms with Crippen molar-refractivity contribution in [2.75, 3.05) is 40.9 Å². The van der Waals surface area contributed by atoms with Gasteiger partial charge in [0.05, 0.1) is 33.8 Å². The number of nitrogens with zero attached hydrogens (tertiary/aromatic N) is 1. The van der Waals surface area contributed by atoms with E-state index in [0.29, 0.717) is 17.4 Å². The van der Waals surface area contributed by atoms with Crippen molar-refractivity contribution in [2.45, 2.75) is 270 Å². The van der Waals surface area contributed by atoms with Crippen LogP contribution in [0.15, 0.2) is 109 Å². The van der Waals surface area contributed by atoms with Crippen molar-refractivity contribution in [3.05, 3.63) is 109 Å². The van der Waals surface area contributed by atoms with Gasteiger partial charge in [0.1, 0.15) is 19.3 Å². The first kappa shape index (κ1) is 74.7. The summed E-state index contributed by atoms with van der Waals surface area (Å²) in [6.07, 6.45) is 78.2. The van der Waals surface area contributed by atoms with Gasteiger partial charge in [-0.15, -0.1) is 0 Å². The number of hydrogen-bond acceptors (Lipinski definition) is 6. The second-order valence-electron chi connectivity index (χ2n) is 22.2. The van der Waals surface area contributed by atoms with Gasteiger partial charge < -0.3 is 19.4 Å². The van der Waals surface area contributed by atoms with Crippen LogP contribution in [0.25, 0.3) is 0 Å². The van der Waals surface area contributed by atoms with Gasteiger partial charge in [0.15, 0.2) is 0 Å². The highest BCUT2D eigenvalue weighted by molar-refractivity contribution is 7.47. The Balaban J connectivity index is 5.32. The summed E-state index contributed by atoms with van der Waals surface area (Å²) in [6.45, 7) is 6.81. The topological polar surface area (TPSA) is 111 Å². The average molecular weight is 1110 g/mol. The molecule has 0 heterocycles. The van der Waals surface area contributed by atoms with Crippen molar-refractivity contribution < 1.29 is 37.3 Å². The quantitative estimate of drug-likeness (QED) is 0.0205. The number of esters is 1. The number of hydrogen-bond donors (Lipinski definition) is 2. The molecule has 10 heteroatoms. The lowest BCUT2D eigenvalue weighted by molar-refractivity contribution is -0.870. The largest absolute Gasteiger partial charge is 0.472 e. The molecular weight excluding hydrogens is 988 g/mol. The number of likely N-dealkylation sites (N-methyl/N-ethyl adjacent to an activating group) is 1. The van der Waals surface area contributed by atoms with E-state index in [1.165, 1.54) is 122 Å². The van der Waals surface area contributed by atoms with Gasteiger partial charge in [-0.3, -0.25) is 18.6 Å². The summed E-state index contributed by atoms with van der Waals surface area (Å²) in [5.41, 5.74) is 0. The first-order chi connectivity index (χ1) is 37.9. The molecule has 78 heavy (non-hydrogen) atoms. The maximum absolute atomic E-state index is 13.5. The number of carbonyl (C=O) groups excluding carboxylic acids is 2. The Morgan fingerprint density at radius 1 is 0.462 bits per heavy atom. The molecule has 0 aromatic rings. The minimum absolute atomic E-state index is 0.0214. The fraction of sp³-hybridized carbons (Fsp3) is 0.706. The van der Waals surface area contributed by atoms with Gasteiger partial charge >= 0.3 is 13.8 Å². The predicted molar refractivity (Wildman–Crippen MR) is 337 cm³/mol. The van der Waals surface area contributed by atoms with Gasteiger partial charge in [0, 0.05) is 12.8 Å². The van der Waals surface area contributed by atoms with Crippen LogP contribution < -0.4 is 5.32 Å². The van der Waals surface area contributed by atoms with Gasteiger partial charge in [-0.05, 0) is 102 Å². The summed E-state index contributed by atoms with van der Waals surface area (Å²) in [6, 6.07) is -0.896. The Morgan fingerprint density at radius 2 is 0.833 bits per heavy atom. The van der Waals surface area contributed by atoms with Crippen molar-refractivity contribution in [1.82, 2.24) is 5.32 Å². The standard InChI is InChI=1S/C68H119N2O7P/c1-7-10-13-16-19-22-25-28-30-32-33-34-35-36-37-38-40-43-46-49-52-55-58-61-68(72)77-66(59-56-53-50-47-44-41-27-24-21-18-15-12-9-3)65(64-76-78(73,74)75-63-62-70(4,5)6)69-67(71)60-57-54-51-48-45-42-39-31-29-26-23-20-17-14-11-8-2/h11,14,19-20,22-23,28-31,33-34,42,45,51,54,56,59,65-66H,7-10,12-13,15-18,21,24-27,32,35-41,43-44,46-50,52-53,55,57-58,60-64H2,1-6H3,(H-,69,71,73,74)/p+1/b14-11+,22-19-,23-20+,30-28-,31-29+,34-33-,45-42+,54-51+,59-56-. The zero-order chi connectivity index (χ0) is 57.2. The summed E-state index contributed by atoms with van der Waals surface area (Å²) in [5.74, 6) is -0.609. The second kappa shape index (κ2) is 56.9. The predicted octanol–water partition coefficient (Wildman–Crippen LogP) is 19.7. The van der Waals surface area contributed by atoms with Crippen LogP contribution in [0.1, 0.15) is 258 Å². The number of nitrogens with one attached hydrogen (secondary N) is 1. The maximum Gasteiger partial charge on any atom is 0.472 e. The van der Waals surface area contributed by atoms with Crippen LogP contribution in [0.4, 0.5) is 0 Å². The van der Waals surface area contributed by atoms with Crippen molar-refractivity contribution in [3.63, 3.8) is 0 Å². The fourth-order valence-corrected chi connectivity index (χ4v) is 9.32. The summed E-state index contributed by atoms with van der Waals surface area (Å²) in [4.78, 5) is 37.7. The number of carbonyl (C=O) groups is 2. The van der Waals surface area contributed by atoms with Gasteiger partial charge in [-0.1, -0.05) is 252 Å². The number of phosphoric acid groups is 1. The van der Waals surface area contributed by atoms with E-state index in [9.17, 15) is 19.0 Å². The van der Waals surface area contributed by atoms with E-state index < -0.39 is 20.0 Å². The van der Waals surface area contributed by atoms with Crippen molar-refractivity contribution in [3.8, 4) is 0 Å². The number of unbranched alkanes of at least 4 members (excludes halogenated alkanes) is 24. The lowest BCUT2D eigenvalue weighted by Gasteiger charge is -2.27. The molecule has 0 spiro atoms. The molecule has 0 fully saturated rings. The number of phosphoric ester groups is 1. The van der Waals surface area contributed by atoms with Crippen molar-refractivity contribution in [1.29, 1.82) is 0 Å². The Labute approximate surface area is 481 Å². The van der Waals surface area contributed by atoms with Crippen molar-refractivity contribution in [2.24, 2.45) is 0 Å². The van der Waals surface area contributed by atoms with Crippen LogP contribution >= 0.6 is 7.82 Å². The molecule has 1 amide bonds. The van der Waals surface area contributed by atoms with E-state index in [2.05, 4.69) is 117 Å². The van der Waals surface area contributed by atoms with E-state index in [1.54, 1.807) is 0 Å². The SMILES string of the molecule is CC/C=C/C/C=C/C/C=C/C/C=C/C/C=C/CCC(=O)NC(COP(=O)(O)OCC[N+](C)(C)C)C(/C=C\CCCCCCCCCCCCC)OC(=O)CCCCCCCCCCCC/C=C\C/C=C\C/C=C\CCCCC. The molecule has 448 valence electrons. The normalized spacial score (nSPS) is 14.4. The smallest absolute Gasteiger partial charge is 0.456 e. The van der Waals surface area contributed by atoms with E-state index in [-0.39, 0.29) is 37.9 Å². The molecule has 0 aromatic heterocycles. The van der Waals surface area contributed by atoms with Gasteiger partial charge in [-0.2, -0.15) is 0 Å². The van der Waals surface area contributed by atoms with Gasteiger partial charge in [0.25, 0.3) is 0 Å². The zero-order valence-electron chi connectivity index (χ0n) is 51.1. The minimum Gasteiger partial charge on any atom is -0.456 e. The molecule has 0 saturated heterocycles. The Bertz CT molecular complexity index is 1700. The Kier molecular flexibility index (Phi) is 54.5. The minimum atomic E-state index is -4.48. The molecule has 0 radical (unpaired) electrons. The molecular formula is C68H120N2O7P+. The average Bonchev–Trinajstić information content (AvgIpc) is 3.40. The molecule has 0 aromatic carbocycles. The van der Waals surface area contributed by atoms with E-state index in [4.69, 9.17) is 13.8 Å². The first-order valence-corrected chi connectivity index (χ1v) is 33.2. The van der Waals surface area contributed by atoms with Gasteiger partial charge in [0.2, 0.25) is 5.91 Å². The fourth-order valence-electron chi connectivity index (χ4n) is 8.58. The number of ether oxygens (including phenoxy) is 1. The van der Waals surface area contributed by atoms with E-state index >= 15 is 0 Å². The lowest BCUT2D eigenvalue weighted by atomic mass is 10.0. The summed E-state index contributed by atoms with van der Waals surface area (Å²) < 4.78 is 30.7. The third-order valence-electron chi connectivity index (χ3n) is 13.5. The summed E-state index contributed by atoms with van der Waals surface area (Å²) in [5, 5.41) is 3.00. The molecule has 0 rings (SSSR count). The Hall–Kier alpha value is -3.33. The molecule has 0 bridgehead atoms. The molecule has 0 aliphatic rings. The van der Waals surface area contributed by atoms with Crippen LogP contribution in [-0.4, -0.2) is 74.3 Å². The number of allylic oxidation sites excluding steroid dienone is 17. The molecule has 2 N–H and O–H groups in total. The number of amides is 1. The summed E-state index contributed by atoms with van der Waals surface area (Å²) >= 11 is 0. The molecule has 3 atom stereocenters. The molecule has 9 nitrogen and oxygen atoms in total. The molecule has 0 saturated carbocycles. The Morgan fingerprint density at radius 3 is 1.28 bits per heavy atom. The number of quaternary nitrogens is 1. The number of rotatable bonds is 56. The maximum atomic E-state index is 13.5. The highest BCUT2D eigenvalue weighted by atomic mass is 31.2. The molecule has 3 unspecified atom stereocenters. The van der Waals surface area contributed by atoms with Crippen LogP contribution in [0.3, 0.4) is 0 Å². The van der Waals surface area contributed by atoms with E-state index in [0.717, 1.165) is 96.3 Å². The second-order valence-corrected chi connectivity index (χ2v) is 23.6. The van der Waals surface area contributed by atoms with Crippen LogP contribution in [-0.2, 0) is 27.9 Å². The first-order valence-electron chi connectivity index (χ1n) is 31.7. The van der Waals surface area contributed by atoms with Crippen LogP contribution in [0.5, 0.6) is 0 Å². The third kappa shape index (κ3) is 57.4. The van der Waals surface area contributed by atoms with E-state index in [1.807, 2.05) is 39.4 Å². The molecule has 0 aliphatic heterocycles. The summed E-state index contributed by atoms with van der Waals surface area (Å²) in [7, 11) is 1.44. The highest BCUT2D eigenvalue weighted by Gasteiger charge is 2.30. The molecule has 0 aliphatic carbocycles.